The molecule has 1 aliphatic carbocycles. The number of amides is 2. The van der Waals surface area contributed by atoms with Crippen molar-refractivity contribution in [3.8, 4) is 17.1 Å². The van der Waals surface area contributed by atoms with Crippen LogP contribution in [0.4, 0.5) is 0 Å². The molecule has 166 valence electrons. The largest absolute Gasteiger partial charge is 0.481 e. The summed E-state index contributed by atoms with van der Waals surface area (Å²) in [6, 6.07) is 3.40. The van der Waals surface area contributed by atoms with Crippen molar-refractivity contribution in [1.82, 2.24) is 25.4 Å². The summed E-state index contributed by atoms with van der Waals surface area (Å²) in [6.07, 6.45) is 4.57. The van der Waals surface area contributed by atoms with Gasteiger partial charge in [0.05, 0.1) is 30.1 Å². The minimum atomic E-state index is -0.313. The predicted octanol–water partition coefficient (Wildman–Crippen LogP) is 2.02. The average Bonchev–Trinajstić information content (AvgIpc) is 3.43. The van der Waals surface area contributed by atoms with Gasteiger partial charge in [-0.2, -0.15) is 5.10 Å². The number of nitrogens with zero attached hydrogens (tertiary/aromatic N) is 3. The zero-order chi connectivity index (χ0) is 22.0. The number of aliphatic hydroxyl groups excluding tert-OH is 1. The van der Waals surface area contributed by atoms with Gasteiger partial charge in [-0.05, 0) is 38.2 Å². The van der Waals surface area contributed by atoms with E-state index in [-0.39, 0.29) is 29.9 Å². The second kappa shape index (κ2) is 9.23. The van der Waals surface area contributed by atoms with Gasteiger partial charge in [-0.15, -0.1) is 0 Å². The minimum absolute atomic E-state index is 0.0227. The van der Waals surface area contributed by atoms with Crippen LogP contribution < -0.4 is 10.1 Å². The van der Waals surface area contributed by atoms with Crippen molar-refractivity contribution >= 4 is 23.4 Å². The molecule has 31 heavy (non-hydrogen) atoms. The third-order valence-corrected chi connectivity index (χ3v) is 6.33. The molecule has 2 aromatic rings. The number of carbonyl (C=O) groups is 2. The van der Waals surface area contributed by atoms with Crippen molar-refractivity contribution in [2.45, 2.75) is 44.2 Å². The molecule has 3 heterocycles. The Morgan fingerprint density at radius 3 is 2.71 bits per heavy atom. The fraction of sp³-hybridized carbons (Fsp3) is 0.524. The number of likely N-dealkylation sites (tertiary alicyclic amines) is 1. The molecule has 2 atom stereocenters. The van der Waals surface area contributed by atoms with Gasteiger partial charge in [-0.1, -0.05) is 11.6 Å². The van der Waals surface area contributed by atoms with Crippen LogP contribution in [0.1, 0.15) is 42.6 Å². The molecule has 0 aromatic carbocycles. The van der Waals surface area contributed by atoms with Crippen LogP contribution in [0.5, 0.6) is 5.88 Å². The first-order valence-corrected chi connectivity index (χ1v) is 10.9. The van der Waals surface area contributed by atoms with Crippen molar-refractivity contribution < 1.29 is 19.4 Å². The highest BCUT2D eigenvalue weighted by atomic mass is 35.5. The molecule has 2 aromatic heterocycles. The molecule has 9 nitrogen and oxygen atoms in total. The molecule has 10 heteroatoms. The molecule has 3 N–H and O–H groups in total. The normalized spacial score (nSPS) is 21.8. The van der Waals surface area contributed by atoms with E-state index in [1.165, 1.54) is 13.3 Å². The Hall–Kier alpha value is -2.65. The summed E-state index contributed by atoms with van der Waals surface area (Å²) in [5.74, 6) is 0.140. The quantitative estimate of drug-likeness (QED) is 0.644. The molecule has 4 rings (SSSR count). The van der Waals surface area contributed by atoms with Gasteiger partial charge < -0.3 is 20.1 Å². The van der Waals surface area contributed by atoms with Crippen LogP contribution in [0.3, 0.4) is 0 Å². The summed E-state index contributed by atoms with van der Waals surface area (Å²) in [5.41, 5.74) is 1.54. The molecule has 2 fully saturated rings. The number of aliphatic hydroxyl groups is 1. The first-order valence-electron chi connectivity index (χ1n) is 10.5. The van der Waals surface area contributed by atoms with Crippen LogP contribution in [0, 0.1) is 5.92 Å². The van der Waals surface area contributed by atoms with Crippen molar-refractivity contribution in [1.29, 1.82) is 0 Å². The van der Waals surface area contributed by atoms with E-state index in [1.54, 1.807) is 17.0 Å². The second-order valence-corrected chi connectivity index (χ2v) is 8.52. The van der Waals surface area contributed by atoms with Gasteiger partial charge in [-0.25, -0.2) is 4.98 Å². The number of aromatic nitrogens is 3. The van der Waals surface area contributed by atoms with Crippen LogP contribution in [0.25, 0.3) is 11.3 Å². The number of ether oxygens (including phenoxy) is 1. The van der Waals surface area contributed by atoms with Crippen molar-refractivity contribution in [3.63, 3.8) is 0 Å². The Kier molecular flexibility index (Phi) is 6.43. The number of piperidine rings is 1. The number of halogens is 1. The Labute approximate surface area is 185 Å². The SMILES string of the molecule is COc1cc(-c2cc(C(=O)N3CCC(C(=O)NC4CCC(O)C4)CC3)n[nH]2)c(Cl)cn1. The number of H-pyrrole nitrogens is 1. The molecule has 1 saturated carbocycles. The Bertz CT molecular complexity index is 957. The molecular weight excluding hydrogens is 422 g/mol. The van der Waals surface area contributed by atoms with Crippen LogP contribution in [0.2, 0.25) is 5.02 Å². The van der Waals surface area contributed by atoms with E-state index in [1.807, 2.05) is 0 Å². The fourth-order valence-electron chi connectivity index (χ4n) is 4.22. The fourth-order valence-corrected chi connectivity index (χ4v) is 4.43. The lowest BCUT2D eigenvalue weighted by Crippen LogP contribution is -2.45. The molecule has 0 radical (unpaired) electrons. The van der Waals surface area contributed by atoms with Crippen molar-refractivity contribution in [2.75, 3.05) is 20.2 Å². The van der Waals surface area contributed by atoms with Crippen LogP contribution in [-0.2, 0) is 4.79 Å². The van der Waals surface area contributed by atoms with Gasteiger partial charge >= 0.3 is 0 Å². The maximum absolute atomic E-state index is 12.9. The van der Waals surface area contributed by atoms with Crippen LogP contribution >= 0.6 is 11.6 Å². The summed E-state index contributed by atoms with van der Waals surface area (Å²) >= 11 is 6.23. The number of carbonyl (C=O) groups excluding carboxylic acids is 2. The monoisotopic (exact) mass is 447 g/mol. The van der Waals surface area contributed by atoms with E-state index < -0.39 is 0 Å². The van der Waals surface area contributed by atoms with Crippen LogP contribution in [-0.4, -0.2) is 69.3 Å². The van der Waals surface area contributed by atoms with E-state index in [0.717, 1.165) is 12.8 Å². The molecule has 1 saturated heterocycles. The molecule has 1 aliphatic heterocycles. The minimum Gasteiger partial charge on any atom is -0.481 e. The van der Waals surface area contributed by atoms with Gasteiger partial charge in [0, 0.05) is 36.7 Å². The Morgan fingerprint density at radius 2 is 2.03 bits per heavy atom. The van der Waals surface area contributed by atoms with E-state index in [4.69, 9.17) is 16.3 Å². The van der Waals surface area contributed by atoms with Gasteiger partial charge in [0.15, 0.2) is 5.69 Å². The van der Waals surface area contributed by atoms with E-state index in [0.29, 0.717) is 60.2 Å². The van der Waals surface area contributed by atoms with Crippen molar-refractivity contribution in [2.24, 2.45) is 5.92 Å². The summed E-state index contributed by atoms with van der Waals surface area (Å²) in [6.45, 7) is 0.993. The van der Waals surface area contributed by atoms with E-state index in [2.05, 4.69) is 20.5 Å². The highest BCUT2D eigenvalue weighted by Crippen LogP contribution is 2.29. The van der Waals surface area contributed by atoms with Gasteiger partial charge in [0.1, 0.15) is 0 Å². The Morgan fingerprint density at radius 1 is 1.26 bits per heavy atom. The zero-order valence-electron chi connectivity index (χ0n) is 17.3. The predicted molar refractivity (Wildman–Crippen MR) is 114 cm³/mol. The summed E-state index contributed by atoms with van der Waals surface area (Å²) in [5, 5.41) is 20.1. The molecule has 0 bridgehead atoms. The molecule has 2 aliphatic rings. The molecule has 2 amide bonds. The number of rotatable bonds is 5. The number of pyridine rings is 1. The average molecular weight is 448 g/mol. The van der Waals surface area contributed by atoms with Gasteiger partial charge in [0.25, 0.3) is 5.91 Å². The van der Waals surface area contributed by atoms with Crippen molar-refractivity contribution in [3.05, 3.63) is 29.0 Å². The lowest BCUT2D eigenvalue weighted by atomic mass is 9.95. The maximum Gasteiger partial charge on any atom is 0.274 e. The number of aromatic amines is 1. The lowest BCUT2D eigenvalue weighted by Gasteiger charge is -2.31. The lowest BCUT2D eigenvalue weighted by molar-refractivity contribution is -0.127. The molecular formula is C21H26ClN5O4. The molecule has 0 spiro atoms. The highest BCUT2D eigenvalue weighted by Gasteiger charge is 2.31. The standard InChI is InChI=1S/C21H26ClN5O4/c1-31-19-9-15(16(22)11-23-19)17-10-18(26-25-17)21(30)27-6-4-12(5-7-27)20(29)24-13-2-3-14(28)8-13/h9-14,28H,2-8H2,1H3,(H,24,29)(H,25,26). The summed E-state index contributed by atoms with van der Waals surface area (Å²) in [4.78, 5) is 31.2. The topological polar surface area (TPSA) is 120 Å². The number of methoxy groups -OCH3 is 1. The van der Waals surface area contributed by atoms with Crippen LogP contribution in [0.15, 0.2) is 18.3 Å². The van der Waals surface area contributed by atoms with Gasteiger partial charge in [-0.3, -0.25) is 14.7 Å². The maximum atomic E-state index is 12.9. The summed E-state index contributed by atoms with van der Waals surface area (Å²) < 4.78 is 5.13. The van der Waals surface area contributed by atoms with Gasteiger partial charge in [0.2, 0.25) is 11.8 Å². The number of hydrogen-bond donors (Lipinski definition) is 3. The first kappa shape index (κ1) is 21.6. The number of hydrogen-bond acceptors (Lipinski definition) is 6. The molecule has 2 unspecified atom stereocenters. The third-order valence-electron chi connectivity index (χ3n) is 6.03. The van der Waals surface area contributed by atoms with E-state index >= 15 is 0 Å². The summed E-state index contributed by atoms with van der Waals surface area (Å²) in [7, 11) is 1.52. The third kappa shape index (κ3) is 4.83. The first-order chi connectivity index (χ1) is 14.9. The Balaban J connectivity index is 1.35. The number of nitrogens with one attached hydrogen (secondary N) is 2. The zero-order valence-corrected chi connectivity index (χ0v) is 18.1. The smallest absolute Gasteiger partial charge is 0.274 e. The highest BCUT2D eigenvalue weighted by molar-refractivity contribution is 6.33. The van der Waals surface area contributed by atoms with E-state index in [9.17, 15) is 14.7 Å². The second-order valence-electron chi connectivity index (χ2n) is 8.11.